The molecule has 162 valence electrons. The first-order valence-electron chi connectivity index (χ1n) is 9.13. The highest BCUT2D eigenvalue weighted by molar-refractivity contribution is 7.91. The molecule has 2 N–H and O–H groups in total. The second kappa shape index (κ2) is 8.07. The maximum atomic E-state index is 13.2. The van der Waals surface area contributed by atoms with Crippen LogP contribution >= 0.6 is 22.9 Å². The number of amides is 1. The molecule has 0 saturated heterocycles. The normalized spacial score (nSPS) is 15.8. The van der Waals surface area contributed by atoms with Gasteiger partial charge in [0, 0.05) is 27.6 Å². The Morgan fingerprint density at radius 2 is 1.74 bits per heavy atom. The highest BCUT2D eigenvalue weighted by Crippen LogP contribution is 2.48. The number of ether oxygens (including phenoxy) is 2. The van der Waals surface area contributed by atoms with Crippen molar-refractivity contribution in [2.45, 2.75) is 22.1 Å². The molecule has 7 nitrogen and oxygen atoms in total. The van der Waals surface area contributed by atoms with E-state index >= 15 is 0 Å². The van der Waals surface area contributed by atoms with Crippen LogP contribution in [0.15, 0.2) is 51.6 Å². The molecule has 1 aliphatic rings. The zero-order valence-corrected chi connectivity index (χ0v) is 18.9. The molecule has 1 amide bonds. The fourth-order valence-corrected chi connectivity index (χ4v) is 6.56. The van der Waals surface area contributed by atoms with Crippen LogP contribution in [0.3, 0.4) is 0 Å². The van der Waals surface area contributed by atoms with E-state index in [9.17, 15) is 18.3 Å². The number of nitrogens with one attached hydrogen (secondary N) is 1. The van der Waals surface area contributed by atoms with Gasteiger partial charge in [-0.1, -0.05) is 11.6 Å². The summed E-state index contributed by atoms with van der Waals surface area (Å²) in [6.45, 7) is 0. The van der Waals surface area contributed by atoms with Gasteiger partial charge >= 0.3 is 0 Å². The second-order valence-corrected chi connectivity index (χ2v) is 10.1. The van der Waals surface area contributed by atoms with Crippen molar-refractivity contribution in [3.05, 3.63) is 57.2 Å². The van der Waals surface area contributed by atoms with Gasteiger partial charge in [0.1, 0.15) is 4.90 Å². The highest BCUT2D eigenvalue weighted by atomic mass is 35.5. The summed E-state index contributed by atoms with van der Waals surface area (Å²) in [5.41, 5.74) is 0.937. The van der Waals surface area contributed by atoms with Gasteiger partial charge in [0.25, 0.3) is 0 Å². The van der Waals surface area contributed by atoms with Crippen LogP contribution in [0.25, 0.3) is 0 Å². The lowest BCUT2D eigenvalue weighted by Crippen LogP contribution is -2.23. The van der Waals surface area contributed by atoms with Gasteiger partial charge in [0.15, 0.2) is 11.5 Å². The van der Waals surface area contributed by atoms with Crippen LogP contribution in [0, 0.1) is 0 Å². The first-order valence-corrected chi connectivity index (χ1v) is 11.9. The summed E-state index contributed by atoms with van der Waals surface area (Å²) in [6, 6.07) is 9.11. The van der Waals surface area contributed by atoms with Gasteiger partial charge in [-0.2, -0.15) is 0 Å². The second-order valence-electron chi connectivity index (χ2n) is 6.88. The quantitative estimate of drug-likeness (QED) is 0.561. The number of anilines is 1. The lowest BCUT2D eigenvalue weighted by molar-refractivity contribution is -0.116. The smallest absolute Gasteiger partial charge is 0.225 e. The molecule has 0 fully saturated rings. The van der Waals surface area contributed by atoms with Gasteiger partial charge in [0.05, 0.1) is 24.8 Å². The number of carbonyl (C=O) groups excluding carboxylic acids is 1. The summed E-state index contributed by atoms with van der Waals surface area (Å²) in [4.78, 5) is 13.3. The van der Waals surface area contributed by atoms with Crippen molar-refractivity contribution >= 4 is 44.4 Å². The third kappa shape index (κ3) is 3.73. The van der Waals surface area contributed by atoms with Crippen molar-refractivity contribution < 1.29 is 27.8 Å². The first-order chi connectivity index (χ1) is 14.8. The summed E-state index contributed by atoms with van der Waals surface area (Å²) in [5, 5.41) is 14.9. The van der Waals surface area contributed by atoms with E-state index in [4.69, 9.17) is 21.1 Å². The molecule has 2 aromatic carbocycles. The Morgan fingerprint density at radius 1 is 1.13 bits per heavy atom. The maximum absolute atomic E-state index is 13.2. The number of fused-ring (bicyclic) bond motifs is 1. The van der Waals surface area contributed by atoms with E-state index in [1.54, 1.807) is 12.1 Å². The predicted molar refractivity (Wildman–Crippen MR) is 118 cm³/mol. The Labute approximate surface area is 188 Å². The molecule has 4 rings (SSSR count). The number of aromatic hydroxyl groups is 1. The number of benzene rings is 2. The van der Waals surface area contributed by atoms with Crippen molar-refractivity contribution in [1.82, 2.24) is 0 Å². The lowest BCUT2D eigenvalue weighted by atomic mass is 9.90. The number of carbonyl (C=O) groups is 1. The molecule has 10 heteroatoms. The van der Waals surface area contributed by atoms with Crippen LogP contribution in [0.2, 0.25) is 5.02 Å². The van der Waals surface area contributed by atoms with E-state index in [2.05, 4.69) is 5.32 Å². The minimum atomic E-state index is -3.87. The summed E-state index contributed by atoms with van der Waals surface area (Å²) < 4.78 is 36.9. The van der Waals surface area contributed by atoms with Crippen molar-refractivity contribution in [1.29, 1.82) is 0 Å². The van der Waals surface area contributed by atoms with Crippen LogP contribution in [0.1, 0.15) is 22.8 Å². The molecule has 1 aliphatic heterocycles. The largest absolute Gasteiger partial charge is 0.502 e. The molecule has 1 atom stereocenters. The molecule has 0 radical (unpaired) electrons. The van der Waals surface area contributed by atoms with Crippen molar-refractivity contribution in [3.8, 4) is 17.2 Å². The van der Waals surface area contributed by atoms with Crippen LogP contribution < -0.4 is 14.8 Å². The van der Waals surface area contributed by atoms with E-state index in [-0.39, 0.29) is 45.1 Å². The topological polar surface area (TPSA) is 102 Å². The summed E-state index contributed by atoms with van der Waals surface area (Å²) in [6.07, 6.45) is 0.116. The average Bonchev–Trinajstić information content (AvgIpc) is 3.18. The number of rotatable bonds is 5. The number of halogens is 1. The van der Waals surface area contributed by atoms with Crippen LogP contribution in [-0.2, 0) is 14.6 Å². The highest BCUT2D eigenvalue weighted by Gasteiger charge is 2.35. The van der Waals surface area contributed by atoms with Crippen molar-refractivity contribution in [2.75, 3.05) is 19.5 Å². The van der Waals surface area contributed by atoms with Crippen molar-refractivity contribution in [3.63, 3.8) is 0 Å². The van der Waals surface area contributed by atoms with Gasteiger partial charge in [-0.25, -0.2) is 8.42 Å². The Balaban J connectivity index is 1.84. The van der Waals surface area contributed by atoms with Gasteiger partial charge in [0.2, 0.25) is 21.5 Å². The zero-order chi connectivity index (χ0) is 22.3. The Hall–Kier alpha value is -2.75. The number of thiophene rings is 1. The van der Waals surface area contributed by atoms with E-state index in [1.165, 1.54) is 55.2 Å². The molecule has 0 aliphatic carbocycles. The molecule has 0 bridgehead atoms. The number of hydrogen-bond acceptors (Lipinski definition) is 7. The maximum Gasteiger partial charge on any atom is 0.225 e. The first kappa shape index (κ1) is 21.5. The molecule has 1 aromatic heterocycles. The minimum absolute atomic E-state index is 0.0329. The Bertz CT molecular complexity index is 1240. The zero-order valence-electron chi connectivity index (χ0n) is 16.5. The van der Waals surface area contributed by atoms with E-state index in [0.717, 1.165) is 0 Å². The molecule has 31 heavy (non-hydrogen) atoms. The predicted octanol–water partition coefficient (Wildman–Crippen LogP) is 4.43. The summed E-state index contributed by atoms with van der Waals surface area (Å²) >= 11 is 7.13. The summed E-state index contributed by atoms with van der Waals surface area (Å²) in [5.74, 6) is -0.480. The molecular formula is C21H18ClNO6S2. The number of methoxy groups -OCH3 is 2. The van der Waals surface area contributed by atoms with Crippen LogP contribution in [-0.4, -0.2) is 33.7 Å². The van der Waals surface area contributed by atoms with E-state index in [1.807, 2.05) is 0 Å². The van der Waals surface area contributed by atoms with Gasteiger partial charge < -0.3 is 19.9 Å². The molecular weight excluding hydrogens is 462 g/mol. The average molecular weight is 480 g/mol. The monoisotopic (exact) mass is 479 g/mol. The molecule has 0 saturated carbocycles. The standard InChI is InChI=1S/C21H18ClNO6S2/c1-28-15-7-11(8-16(29-2)20(15)25)14-9-18(24)23-19-17(10-30-21(14)19)31(26,27)13-5-3-12(22)4-6-13/h3-8,10,14,25H,9H2,1-2H3,(H,23,24)/t14-/m1/s1. The number of hydrogen-bond donors (Lipinski definition) is 2. The molecule has 2 heterocycles. The molecule has 0 unspecified atom stereocenters. The lowest BCUT2D eigenvalue weighted by Gasteiger charge is -2.24. The fraction of sp³-hybridized carbons (Fsp3) is 0.190. The Morgan fingerprint density at radius 3 is 2.32 bits per heavy atom. The van der Waals surface area contributed by atoms with Gasteiger partial charge in [-0.3, -0.25) is 4.79 Å². The van der Waals surface area contributed by atoms with Crippen LogP contribution in [0.5, 0.6) is 17.2 Å². The fourth-order valence-electron chi connectivity index (χ4n) is 3.53. The number of phenols is 1. The number of sulfone groups is 1. The van der Waals surface area contributed by atoms with E-state index in [0.29, 0.717) is 15.5 Å². The van der Waals surface area contributed by atoms with Gasteiger partial charge in [-0.15, -0.1) is 11.3 Å². The number of phenolic OH excluding ortho intramolecular Hbond substituents is 1. The van der Waals surface area contributed by atoms with Crippen LogP contribution in [0.4, 0.5) is 5.69 Å². The molecule has 3 aromatic rings. The van der Waals surface area contributed by atoms with Crippen molar-refractivity contribution in [2.24, 2.45) is 0 Å². The Kier molecular flexibility index (Phi) is 5.59. The third-order valence-corrected chi connectivity index (χ3v) is 8.37. The SMILES string of the molecule is COc1cc([C@H]2CC(=O)Nc3c(S(=O)(=O)c4ccc(Cl)cc4)csc32)cc(OC)c1O. The van der Waals surface area contributed by atoms with Gasteiger partial charge in [-0.05, 0) is 42.0 Å². The third-order valence-electron chi connectivity index (χ3n) is 5.07. The van der Waals surface area contributed by atoms with E-state index < -0.39 is 15.8 Å². The summed E-state index contributed by atoms with van der Waals surface area (Å²) in [7, 11) is -1.04. The molecule has 0 spiro atoms. The minimum Gasteiger partial charge on any atom is -0.502 e.